The monoisotopic (exact) mass is 379 g/mol. The second-order valence-corrected chi connectivity index (χ2v) is 8.40. The number of amides is 1. The zero-order valence-corrected chi connectivity index (χ0v) is 16.5. The Hall–Kier alpha value is -2.24. The summed E-state index contributed by atoms with van der Waals surface area (Å²) >= 11 is 1.80. The lowest BCUT2D eigenvalue weighted by molar-refractivity contribution is -0.133. The highest BCUT2D eigenvalue weighted by molar-refractivity contribution is 7.18. The number of para-hydroxylation sites is 1. The average molecular weight is 380 g/mol. The normalized spacial score (nSPS) is 15.6. The Morgan fingerprint density at radius 3 is 2.56 bits per heavy atom. The van der Waals surface area contributed by atoms with Crippen LogP contribution in [0.2, 0.25) is 0 Å². The van der Waals surface area contributed by atoms with Crippen molar-refractivity contribution in [3.05, 3.63) is 65.2 Å². The van der Waals surface area contributed by atoms with Crippen LogP contribution in [0.3, 0.4) is 0 Å². The van der Waals surface area contributed by atoms with Gasteiger partial charge in [0.05, 0.1) is 21.8 Å². The van der Waals surface area contributed by atoms with Gasteiger partial charge in [-0.1, -0.05) is 42.5 Å². The number of thiazole rings is 1. The largest absolute Gasteiger partial charge is 0.342 e. The Bertz CT molecular complexity index is 867. The number of nitrogens with zero attached hydrogens (tertiary/aromatic N) is 3. The van der Waals surface area contributed by atoms with Crippen molar-refractivity contribution in [1.29, 1.82) is 0 Å². The van der Waals surface area contributed by atoms with Crippen LogP contribution in [0, 0.1) is 0 Å². The summed E-state index contributed by atoms with van der Waals surface area (Å²) in [5, 5.41) is 1.23. The fourth-order valence-corrected chi connectivity index (χ4v) is 4.86. The summed E-state index contributed by atoms with van der Waals surface area (Å²) in [6.07, 6.45) is 2.02. The molecule has 5 heteroatoms. The maximum Gasteiger partial charge on any atom is 0.236 e. The first-order chi connectivity index (χ1) is 13.2. The fraction of sp³-hybridized carbons (Fsp3) is 0.364. The van der Waals surface area contributed by atoms with Crippen LogP contribution in [0.4, 0.5) is 0 Å². The number of carbonyl (C=O) groups excluding carboxylic acids is 1. The molecule has 4 nitrogen and oxygen atoms in total. The van der Waals surface area contributed by atoms with Gasteiger partial charge in [0.2, 0.25) is 5.91 Å². The molecule has 1 aliphatic rings. The van der Waals surface area contributed by atoms with E-state index in [0.717, 1.165) is 38.0 Å². The minimum absolute atomic E-state index is 0.233. The predicted molar refractivity (Wildman–Crippen MR) is 111 cm³/mol. The Morgan fingerprint density at radius 2 is 1.81 bits per heavy atom. The standard InChI is InChI=1S/C22H25N3OS/c1-24(15-17-7-3-2-4-8-17)16-21(26)25-13-11-18(12-14-25)22-23-19-9-5-6-10-20(19)27-22/h2-10,18H,11-16H2,1H3. The molecule has 0 atom stereocenters. The topological polar surface area (TPSA) is 36.4 Å². The van der Waals surface area contributed by atoms with Gasteiger partial charge in [-0.2, -0.15) is 0 Å². The van der Waals surface area contributed by atoms with Crippen molar-refractivity contribution in [3.8, 4) is 0 Å². The van der Waals surface area contributed by atoms with E-state index in [4.69, 9.17) is 4.98 Å². The minimum Gasteiger partial charge on any atom is -0.342 e. The van der Waals surface area contributed by atoms with Crippen LogP contribution in [0.15, 0.2) is 54.6 Å². The summed E-state index contributed by atoms with van der Waals surface area (Å²) < 4.78 is 1.26. The molecule has 1 saturated heterocycles. The number of aromatic nitrogens is 1. The first-order valence-electron chi connectivity index (χ1n) is 9.55. The van der Waals surface area contributed by atoms with E-state index in [0.29, 0.717) is 12.5 Å². The number of rotatable bonds is 5. The molecule has 2 heterocycles. The highest BCUT2D eigenvalue weighted by Crippen LogP contribution is 2.33. The van der Waals surface area contributed by atoms with Gasteiger partial charge in [0.1, 0.15) is 0 Å². The molecule has 0 bridgehead atoms. The van der Waals surface area contributed by atoms with Crippen LogP contribution < -0.4 is 0 Å². The number of fused-ring (bicyclic) bond motifs is 1. The smallest absolute Gasteiger partial charge is 0.236 e. The number of likely N-dealkylation sites (N-methyl/N-ethyl adjacent to an activating group) is 1. The summed E-state index contributed by atoms with van der Waals surface area (Å²) in [4.78, 5) is 21.6. The van der Waals surface area contributed by atoms with E-state index >= 15 is 0 Å². The SMILES string of the molecule is CN(CC(=O)N1CCC(c2nc3ccccc3s2)CC1)Cc1ccccc1. The molecule has 0 saturated carbocycles. The zero-order chi connectivity index (χ0) is 18.6. The Morgan fingerprint density at radius 1 is 1.11 bits per heavy atom. The molecule has 27 heavy (non-hydrogen) atoms. The molecular weight excluding hydrogens is 354 g/mol. The molecule has 3 aromatic rings. The van der Waals surface area contributed by atoms with E-state index in [1.54, 1.807) is 11.3 Å². The molecule has 4 rings (SSSR count). The number of hydrogen-bond acceptors (Lipinski definition) is 4. The summed E-state index contributed by atoms with van der Waals surface area (Å²) in [5.74, 6) is 0.713. The summed E-state index contributed by atoms with van der Waals surface area (Å²) in [7, 11) is 2.01. The molecule has 1 fully saturated rings. The van der Waals surface area contributed by atoms with Crippen LogP contribution in [0.25, 0.3) is 10.2 Å². The Labute approximate surface area is 164 Å². The van der Waals surface area contributed by atoms with Gasteiger partial charge >= 0.3 is 0 Å². The van der Waals surface area contributed by atoms with E-state index in [1.165, 1.54) is 15.3 Å². The number of hydrogen-bond donors (Lipinski definition) is 0. The van der Waals surface area contributed by atoms with Crippen molar-refractivity contribution in [2.24, 2.45) is 0 Å². The summed E-state index contributed by atoms with van der Waals surface area (Å²) in [6, 6.07) is 18.6. The van der Waals surface area contributed by atoms with Crippen molar-refractivity contribution in [2.75, 3.05) is 26.7 Å². The number of carbonyl (C=O) groups is 1. The lowest BCUT2D eigenvalue weighted by Crippen LogP contribution is -2.42. The van der Waals surface area contributed by atoms with Crippen LogP contribution in [-0.4, -0.2) is 47.4 Å². The van der Waals surface area contributed by atoms with E-state index in [1.807, 2.05) is 36.2 Å². The maximum atomic E-state index is 12.7. The first-order valence-corrected chi connectivity index (χ1v) is 10.4. The number of likely N-dealkylation sites (tertiary alicyclic amines) is 1. The third-order valence-corrected chi connectivity index (χ3v) is 6.41. The van der Waals surface area contributed by atoms with Gasteiger partial charge < -0.3 is 4.90 Å². The van der Waals surface area contributed by atoms with Crippen molar-refractivity contribution >= 4 is 27.5 Å². The van der Waals surface area contributed by atoms with E-state index in [9.17, 15) is 4.79 Å². The van der Waals surface area contributed by atoms with Gasteiger partial charge in [-0.15, -0.1) is 11.3 Å². The molecule has 2 aromatic carbocycles. The van der Waals surface area contributed by atoms with Gasteiger partial charge in [0.15, 0.2) is 0 Å². The van der Waals surface area contributed by atoms with Crippen LogP contribution in [-0.2, 0) is 11.3 Å². The number of benzene rings is 2. The van der Waals surface area contributed by atoms with Gasteiger partial charge in [-0.25, -0.2) is 4.98 Å². The second-order valence-electron chi connectivity index (χ2n) is 7.33. The van der Waals surface area contributed by atoms with E-state index in [2.05, 4.69) is 35.2 Å². The predicted octanol–water partition coefficient (Wildman–Crippen LogP) is 4.13. The molecule has 0 N–H and O–H groups in total. The van der Waals surface area contributed by atoms with Crippen molar-refractivity contribution < 1.29 is 4.79 Å². The highest BCUT2D eigenvalue weighted by atomic mass is 32.1. The summed E-state index contributed by atoms with van der Waals surface area (Å²) in [5.41, 5.74) is 2.33. The van der Waals surface area contributed by atoms with Crippen LogP contribution in [0.5, 0.6) is 0 Å². The number of piperidine rings is 1. The molecule has 1 aromatic heterocycles. The molecule has 1 aliphatic heterocycles. The van der Waals surface area contributed by atoms with Gasteiger partial charge in [-0.05, 0) is 37.6 Å². The molecule has 0 radical (unpaired) electrons. The lowest BCUT2D eigenvalue weighted by Gasteiger charge is -2.32. The Balaban J connectivity index is 1.30. The van der Waals surface area contributed by atoms with Crippen molar-refractivity contribution in [3.63, 3.8) is 0 Å². The van der Waals surface area contributed by atoms with Gasteiger partial charge in [0.25, 0.3) is 0 Å². The maximum absolute atomic E-state index is 12.7. The van der Waals surface area contributed by atoms with Crippen LogP contribution in [0.1, 0.15) is 29.3 Å². The minimum atomic E-state index is 0.233. The van der Waals surface area contributed by atoms with Crippen molar-refractivity contribution in [1.82, 2.24) is 14.8 Å². The molecule has 1 amide bonds. The molecule has 140 valence electrons. The fourth-order valence-electron chi connectivity index (χ4n) is 3.72. The molecular formula is C22H25N3OS. The molecule has 0 unspecified atom stereocenters. The van der Waals surface area contributed by atoms with Crippen LogP contribution >= 0.6 is 11.3 Å². The lowest BCUT2D eigenvalue weighted by atomic mass is 9.97. The van der Waals surface area contributed by atoms with Gasteiger partial charge in [0, 0.05) is 25.6 Å². The van der Waals surface area contributed by atoms with E-state index in [-0.39, 0.29) is 5.91 Å². The van der Waals surface area contributed by atoms with E-state index < -0.39 is 0 Å². The summed E-state index contributed by atoms with van der Waals surface area (Å²) in [6.45, 7) is 2.94. The highest BCUT2D eigenvalue weighted by Gasteiger charge is 2.26. The molecule has 0 spiro atoms. The molecule has 0 aliphatic carbocycles. The Kier molecular flexibility index (Phi) is 5.50. The quantitative estimate of drug-likeness (QED) is 0.669. The average Bonchev–Trinajstić information content (AvgIpc) is 3.13. The zero-order valence-electron chi connectivity index (χ0n) is 15.7. The van der Waals surface area contributed by atoms with Gasteiger partial charge in [-0.3, -0.25) is 9.69 Å². The third-order valence-electron chi connectivity index (χ3n) is 5.21. The van der Waals surface area contributed by atoms with Crippen molar-refractivity contribution in [2.45, 2.75) is 25.3 Å². The first kappa shape index (κ1) is 18.1. The second kappa shape index (κ2) is 8.19. The third kappa shape index (κ3) is 4.37.